The summed E-state index contributed by atoms with van der Waals surface area (Å²) in [6, 6.07) is 11.6. The topological polar surface area (TPSA) is 90.2 Å². The summed E-state index contributed by atoms with van der Waals surface area (Å²) in [6.45, 7) is 4.31. The van der Waals surface area contributed by atoms with E-state index in [-0.39, 0.29) is 17.1 Å². The van der Waals surface area contributed by atoms with Crippen LogP contribution in [0.25, 0.3) is 10.2 Å². The number of benzene rings is 2. The highest BCUT2D eigenvalue weighted by Crippen LogP contribution is 2.23. The quantitative estimate of drug-likeness (QED) is 0.579. The summed E-state index contributed by atoms with van der Waals surface area (Å²) < 4.78 is 41.1. The van der Waals surface area contributed by atoms with Crippen molar-refractivity contribution < 1.29 is 22.7 Å². The molecule has 1 saturated heterocycles. The average Bonchev–Trinajstić information content (AvgIpc) is 3.07. The van der Waals surface area contributed by atoms with E-state index in [9.17, 15) is 13.2 Å². The zero-order valence-electron chi connectivity index (χ0n) is 18.3. The number of thiazole rings is 1. The van der Waals surface area contributed by atoms with Crippen molar-refractivity contribution in [1.82, 2.24) is 8.87 Å². The summed E-state index contributed by atoms with van der Waals surface area (Å²) in [5.41, 5.74) is 1.26. The largest absolute Gasteiger partial charge is 0.497 e. The van der Waals surface area contributed by atoms with Gasteiger partial charge in [-0.2, -0.15) is 9.30 Å². The molecule has 3 aromatic rings. The van der Waals surface area contributed by atoms with Crippen molar-refractivity contribution in [3.8, 4) is 5.75 Å². The molecule has 2 unspecified atom stereocenters. The Morgan fingerprint density at radius 2 is 1.78 bits per heavy atom. The number of amides is 1. The monoisotopic (exact) mass is 475 g/mol. The number of carbonyl (C=O) groups is 1. The molecule has 10 heteroatoms. The SMILES string of the molecule is COc1ccc2c(c1)sc(=NC(=O)c1ccc(S(=O)(=O)N3CC(C)OC(C)C3)cc1)n2C. The van der Waals surface area contributed by atoms with Crippen LogP contribution in [-0.4, -0.2) is 55.6 Å². The van der Waals surface area contributed by atoms with Crippen molar-refractivity contribution in [2.45, 2.75) is 31.0 Å². The molecule has 1 aliphatic heterocycles. The number of hydrogen-bond donors (Lipinski definition) is 0. The van der Waals surface area contributed by atoms with Gasteiger partial charge in [0.05, 0.1) is 34.4 Å². The highest BCUT2D eigenvalue weighted by atomic mass is 32.2. The molecule has 0 saturated carbocycles. The van der Waals surface area contributed by atoms with E-state index in [2.05, 4.69) is 4.99 Å². The zero-order valence-corrected chi connectivity index (χ0v) is 19.9. The van der Waals surface area contributed by atoms with Crippen LogP contribution in [0.5, 0.6) is 5.75 Å². The Bertz CT molecular complexity index is 1320. The molecule has 2 atom stereocenters. The second kappa shape index (κ2) is 8.78. The first-order chi connectivity index (χ1) is 15.2. The van der Waals surface area contributed by atoms with E-state index in [0.717, 1.165) is 16.0 Å². The molecule has 1 amide bonds. The maximum atomic E-state index is 13.0. The van der Waals surface area contributed by atoms with Crippen LogP contribution in [0, 0.1) is 0 Å². The van der Waals surface area contributed by atoms with Gasteiger partial charge in [-0.1, -0.05) is 11.3 Å². The molecule has 4 rings (SSSR count). The molecule has 32 heavy (non-hydrogen) atoms. The van der Waals surface area contributed by atoms with Crippen LogP contribution in [0.3, 0.4) is 0 Å². The highest BCUT2D eigenvalue weighted by molar-refractivity contribution is 7.89. The average molecular weight is 476 g/mol. The first kappa shape index (κ1) is 22.7. The third-order valence-electron chi connectivity index (χ3n) is 5.34. The Hall–Kier alpha value is -2.53. The van der Waals surface area contributed by atoms with Gasteiger partial charge in [0.25, 0.3) is 5.91 Å². The summed E-state index contributed by atoms with van der Waals surface area (Å²) in [5.74, 6) is 0.301. The van der Waals surface area contributed by atoms with Crippen molar-refractivity contribution in [2.75, 3.05) is 20.2 Å². The molecule has 2 aromatic carbocycles. The molecule has 170 valence electrons. The van der Waals surface area contributed by atoms with E-state index < -0.39 is 15.9 Å². The number of aromatic nitrogens is 1. The fourth-order valence-corrected chi connectivity index (χ4v) is 6.38. The predicted octanol–water partition coefficient (Wildman–Crippen LogP) is 2.79. The molecule has 0 radical (unpaired) electrons. The number of fused-ring (bicyclic) bond motifs is 1. The van der Waals surface area contributed by atoms with Gasteiger partial charge in [0, 0.05) is 25.7 Å². The summed E-state index contributed by atoms with van der Waals surface area (Å²) in [5, 5.41) is 0. The third kappa shape index (κ3) is 4.36. The molecule has 0 aliphatic carbocycles. The number of sulfonamides is 1. The van der Waals surface area contributed by atoms with Crippen molar-refractivity contribution in [2.24, 2.45) is 12.0 Å². The van der Waals surface area contributed by atoms with E-state index >= 15 is 0 Å². The van der Waals surface area contributed by atoms with E-state index in [1.54, 1.807) is 7.11 Å². The molecular formula is C22H25N3O5S2. The maximum absolute atomic E-state index is 13.0. The van der Waals surface area contributed by atoms with Gasteiger partial charge in [-0.05, 0) is 56.3 Å². The van der Waals surface area contributed by atoms with Gasteiger partial charge in [0.2, 0.25) is 10.0 Å². The van der Waals surface area contributed by atoms with Gasteiger partial charge in [-0.25, -0.2) is 8.42 Å². The number of nitrogens with zero attached hydrogens (tertiary/aromatic N) is 3. The lowest BCUT2D eigenvalue weighted by molar-refractivity contribution is -0.0440. The molecule has 2 heterocycles. The first-order valence-corrected chi connectivity index (χ1v) is 12.4. The molecule has 1 aromatic heterocycles. The van der Waals surface area contributed by atoms with Crippen molar-refractivity contribution >= 4 is 37.5 Å². The fourth-order valence-electron chi connectivity index (χ4n) is 3.74. The van der Waals surface area contributed by atoms with Gasteiger partial charge >= 0.3 is 0 Å². The van der Waals surface area contributed by atoms with Crippen LogP contribution in [0.4, 0.5) is 0 Å². The van der Waals surface area contributed by atoms with E-state index in [1.807, 2.05) is 43.7 Å². The van der Waals surface area contributed by atoms with Gasteiger partial charge in [0.15, 0.2) is 4.80 Å². The molecule has 8 nitrogen and oxygen atoms in total. The number of ether oxygens (including phenoxy) is 2. The first-order valence-electron chi connectivity index (χ1n) is 10.2. The molecular weight excluding hydrogens is 450 g/mol. The van der Waals surface area contributed by atoms with Crippen LogP contribution >= 0.6 is 11.3 Å². The predicted molar refractivity (Wildman–Crippen MR) is 122 cm³/mol. The van der Waals surface area contributed by atoms with E-state index in [1.165, 1.54) is 39.9 Å². The molecule has 0 spiro atoms. The van der Waals surface area contributed by atoms with Gasteiger partial charge < -0.3 is 14.0 Å². The number of morpholine rings is 1. The molecule has 0 bridgehead atoms. The minimum atomic E-state index is -3.66. The molecule has 0 N–H and O–H groups in total. The van der Waals surface area contributed by atoms with E-state index in [4.69, 9.17) is 9.47 Å². The number of carbonyl (C=O) groups excluding carboxylic acids is 1. The van der Waals surface area contributed by atoms with E-state index in [0.29, 0.717) is 23.5 Å². The maximum Gasteiger partial charge on any atom is 0.279 e. The summed E-state index contributed by atoms with van der Waals surface area (Å²) in [7, 11) is -0.213. The van der Waals surface area contributed by atoms with Crippen LogP contribution in [0.1, 0.15) is 24.2 Å². The highest BCUT2D eigenvalue weighted by Gasteiger charge is 2.32. The summed E-state index contributed by atoms with van der Waals surface area (Å²) in [4.78, 5) is 17.7. The lowest BCUT2D eigenvalue weighted by Gasteiger charge is -2.34. The van der Waals surface area contributed by atoms with Crippen molar-refractivity contribution in [3.63, 3.8) is 0 Å². The third-order valence-corrected chi connectivity index (χ3v) is 8.28. The zero-order chi connectivity index (χ0) is 23.0. The Balaban J connectivity index is 1.60. The van der Waals surface area contributed by atoms with Gasteiger partial charge in [0.1, 0.15) is 5.75 Å². The molecule has 1 fully saturated rings. The van der Waals surface area contributed by atoms with Crippen molar-refractivity contribution in [3.05, 3.63) is 52.8 Å². The normalized spacial score (nSPS) is 20.6. The van der Waals surface area contributed by atoms with Gasteiger partial charge in [-0.15, -0.1) is 0 Å². The smallest absolute Gasteiger partial charge is 0.279 e. The fraction of sp³-hybridized carbons (Fsp3) is 0.364. The summed E-state index contributed by atoms with van der Waals surface area (Å²) >= 11 is 1.38. The van der Waals surface area contributed by atoms with Crippen LogP contribution in [-0.2, 0) is 21.8 Å². The summed E-state index contributed by atoms with van der Waals surface area (Å²) in [6.07, 6.45) is -0.342. The minimum absolute atomic E-state index is 0.148. The Morgan fingerprint density at radius 1 is 1.12 bits per heavy atom. The standard InChI is InChI=1S/C22H25N3O5S2/c1-14-12-25(13-15(2)30-14)32(27,28)18-8-5-16(6-9-18)21(26)23-22-24(3)19-10-7-17(29-4)11-20(19)31-22/h5-11,14-15H,12-13H2,1-4H3. The van der Waals surface area contributed by atoms with Crippen LogP contribution in [0.2, 0.25) is 0 Å². The Kier molecular flexibility index (Phi) is 6.22. The number of rotatable bonds is 4. The van der Waals surface area contributed by atoms with Gasteiger partial charge in [-0.3, -0.25) is 4.79 Å². The Morgan fingerprint density at radius 3 is 2.41 bits per heavy atom. The second-order valence-electron chi connectivity index (χ2n) is 7.80. The van der Waals surface area contributed by atoms with Crippen LogP contribution < -0.4 is 9.54 Å². The van der Waals surface area contributed by atoms with Crippen molar-refractivity contribution in [1.29, 1.82) is 0 Å². The minimum Gasteiger partial charge on any atom is -0.497 e. The Labute approximate surface area is 190 Å². The molecule has 1 aliphatic rings. The number of hydrogen-bond acceptors (Lipinski definition) is 6. The van der Waals surface area contributed by atoms with Crippen LogP contribution in [0.15, 0.2) is 52.4 Å². The lowest BCUT2D eigenvalue weighted by Crippen LogP contribution is -2.48. The second-order valence-corrected chi connectivity index (χ2v) is 10.7. The lowest BCUT2D eigenvalue weighted by atomic mass is 10.2. The number of aryl methyl sites for hydroxylation is 1. The number of methoxy groups -OCH3 is 1.